The monoisotopic (exact) mass is 140 g/mol. The Morgan fingerprint density at radius 2 is 0.833 bits per heavy atom. The number of hydrogen-bond donors (Lipinski definition) is 0. The van der Waals surface area contributed by atoms with Gasteiger partial charge in [-0.2, -0.15) is 13.8 Å². The molecule has 0 saturated carbocycles. The molecule has 0 N–H and O–H groups in total. The van der Waals surface area contributed by atoms with E-state index in [9.17, 15) is 0 Å². The Labute approximate surface area is 62.6 Å². The smallest absolute Gasteiger partial charge is 0.346 e. The molecule has 2 heteroatoms. The van der Waals surface area contributed by atoms with Gasteiger partial charge in [-0.3, -0.25) is 0 Å². The van der Waals surface area contributed by atoms with Crippen molar-refractivity contribution in [3.8, 4) is 0 Å². The molecular weight excluding hydrogens is 127 g/mol. The zero-order chi connectivity index (χ0) is 4.00. The van der Waals surface area contributed by atoms with E-state index in [0.29, 0.717) is 0 Å². The summed E-state index contributed by atoms with van der Waals surface area (Å²) in [6.45, 7) is 10.0. The summed E-state index contributed by atoms with van der Waals surface area (Å²) in [5.41, 5.74) is 0. The first-order valence-electron chi connectivity index (χ1n) is 1.41. The van der Waals surface area contributed by atoms with Crippen molar-refractivity contribution < 1.29 is 17.4 Å². The Morgan fingerprint density at radius 3 is 0.833 bits per heavy atom. The summed E-state index contributed by atoms with van der Waals surface area (Å²) in [6.07, 6.45) is 0. The van der Waals surface area contributed by atoms with E-state index in [4.69, 9.17) is 0 Å². The van der Waals surface area contributed by atoms with E-state index >= 15 is 0 Å². The normalized spacial score (nSPS) is 2.00. The quantitative estimate of drug-likeness (QED) is 0.339. The number of rotatable bonds is 0. The van der Waals surface area contributed by atoms with Gasteiger partial charge in [-0.1, -0.05) is 0 Å². The van der Waals surface area contributed by atoms with E-state index < -0.39 is 0 Å². The van der Waals surface area contributed by atoms with E-state index in [1.54, 1.807) is 13.8 Å². The van der Waals surface area contributed by atoms with Gasteiger partial charge in [0.15, 0.2) is 17.4 Å². The Kier molecular flexibility index (Phi) is 633. The molecule has 0 radical (unpaired) electrons. The first kappa shape index (κ1) is 27.7. The van der Waals surface area contributed by atoms with Crippen LogP contribution in [0, 0.1) is 13.8 Å². The third-order valence-electron chi connectivity index (χ3n) is 0. The fourth-order valence-electron chi connectivity index (χ4n) is 0. The van der Waals surface area contributed by atoms with Gasteiger partial charge in [-0.15, -0.1) is 0 Å². The van der Waals surface area contributed by atoms with E-state index in [2.05, 4.69) is 13.8 Å². The molecule has 0 aromatic heterocycles. The van der Waals surface area contributed by atoms with Gasteiger partial charge in [0.05, 0.1) is 0 Å². The van der Waals surface area contributed by atoms with Gasteiger partial charge in [0.25, 0.3) is 0 Å². The van der Waals surface area contributed by atoms with Crippen LogP contribution in [-0.2, 0) is 17.4 Å². The second kappa shape index (κ2) is 137. The third-order valence-corrected chi connectivity index (χ3v) is 0. The molecule has 6 heavy (non-hydrogen) atoms. The van der Waals surface area contributed by atoms with Crippen molar-refractivity contribution in [1.29, 1.82) is 0 Å². The van der Waals surface area contributed by atoms with Crippen molar-refractivity contribution in [2.24, 2.45) is 0 Å². The van der Waals surface area contributed by atoms with Crippen molar-refractivity contribution in [1.82, 2.24) is 0 Å². The molecule has 0 unspecified atom stereocenters. The SMILES string of the molecule is [AlH3].[CH2-]C.[CH2-]C.[Cr+2]. The zero-order valence-electron chi connectivity index (χ0n) is 3.82. The van der Waals surface area contributed by atoms with Gasteiger partial charge >= 0.3 is 17.4 Å². The summed E-state index contributed by atoms with van der Waals surface area (Å²) in [7, 11) is 0. The standard InChI is InChI=1S/2C2H5.Al.Cr.3H/c2*1-2;;;;;/h2*1H2,2H3;;;;;/q2*-1;;+2;;;. The predicted molar refractivity (Wildman–Crippen MR) is 32.0 cm³/mol. The van der Waals surface area contributed by atoms with Crippen molar-refractivity contribution in [3.05, 3.63) is 13.8 Å². The average Bonchev–Trinajstić information content (AvgIpc) is 1.50. The molecule has 0 aromatic carbocycles. The van der Waals surface area contributed by atoms with Crippen LogP contribution in [-0.4, -0.2) is 17.4 Å². The summed E-state index contributed by atoms with van der Waals surface area (Å²) >= 11 is 0. The Bertz CT molecular complexity index is 7.51. The molecule has 0 atom stereocenters. The summed E-state index contributed by atoms with van der Waals surface area (Å²) < 4.78 is 0. The Hall–Kier alpha value is 1.06. The van der Waals surface area contributed by atoms with Gasteiger partial charge in [0, 0.05) is 0 Å². The van der Waals surface area contributed by atoms with Gasteiger partial charge < -0.3 is 13.8 Å². The molecule has 0 bridgehead atoms. The molecule has 0 aromatic rings. The maximum absolute atomic E-state index is 3.25. The van der Waals surface area contributed by atoms with E-state index in [-0.39, 0.29) is 34.7 Å². The predicted octanol–water partition coefficient (Wildman–Crippen LogP) is 0.494. The first-order valence-corrected chi connectivity index (χ1v) is 1.41. The maximum atomic E-state index is 3.25. The summed E-state index contributed by atoms with van der Waals surface area (Å²) in [4.78, 5) is 0. The van der Waals surface area contributed by atoms with Crippen LogP contribution in [0.2, 0.25) is 0 Å². The molecule has 0 nitrogen and oxygen atoms in total. The summed E-state index contributed by atoms with van der Waals surface area (Å²) in [5.74, 6) is 0. The van der Waals surface area contributed by atoms with E-state index in [1.807, 2.05) is 0 Å². The van der Waals surface area contributed by atoms with Crippen LogP contribution in [0.4, 0.5) is 0 Å². The van der Waals surface area contributed by atoms with E-state index in [0.717, 1.165) is 0 Å². The molecular formula is C4H13AlCr. The molecule has 0 rings (SSSR count). The van der Waals surface area contributed by atoms with E-state index in [1.165, 1.54) is 0 Å². The van der Waals surface area contributed by atoms with Crippen molar-refractivity contribution in [2.45, 2.75) is 13.8 Å². The molecule has 0 heterocycles. The topological polar surface area (TPSA) is 0 Å². The van der Waals surface area contributed by atoms with Crippen molar-refractivity contribution >= 4 is 17.4 Å². The molecule has 0 aliphatic carbocycles. The summed E-state index contributed by atoms with van der Waals surface area (Å²) in [5, 5.41) is 0. The van der Waals surface area contributed by atoms with Crippen LogP contribution < -0.4 is 0 Å². The van der Waals surface area contributed by atoms with Crippen molar-refractivity contribution in [3.63, 3.8) is 0 Å². The molecule has 0 aliphatic heterocycles. The molecule has 0 fully saturated rings. The maximum Gasteiger partial charge on any atom is 2.00 e. The molecule has 38 valence electrons. The Morgan fingerprint density at radius 1 is 0.833 bits per heavy atom. The van der Waals surface area contributed by atoms with Crippen LogP contribution in [0.25, 0.3) is 0 Å². The Balaban J connectivity index is -0.00000000500. The van der Waals surface area contributed by atoms with Gasteiger partial charge in [0.1, 0.15) is 0 Å². The largest absolute Gasteiger partial charge is 2.00 e. The summed E-state index contributed by atoms with van der Waals surface area (Å²) in [6, 6.07) is 0. The fraction of sp³-hybridized carbons (Fsp3) is 0.500. The second-order valence-corrected chi connectivity index (χ2v) is 0. The first-order chi connectivity index (χ1) is 2.00. The molecule has 0 aliphatic rings. The van der Waals surface area contributed by atoms with Gasteiger partial charge in [0.2, 0.25) is 0 Å². The molecule has 0 spiro atoms. The van der Waals surface area contributed by atoms with Gasteiger partial charge in [-0.05, 0) is 0 Å². The zero-order valence-corrected chi connectivity index (χ0v) is 5.10. The van der Waals surface area contributed by atoms with Crippen LogP contribution in [0.15, 0.2) is 0 Å². The minimum Gasteiger partial charge on any atom is -0.346 e. The average molecular weight is 140 g/mol. The van der Waals surface area contributed by atoms with Crippen LogP contribution in [0.3, 0.4) is 0 Å². The fourth-order valence-corrected chi connectivity index (χ4v) is 0. The second-order valence-electron chi connectivity index (χ2n) is 0. The molecule has 0 saturated heterocycles. The third kappa shape index (κ3) is 73.8. The van der Waals surface area contributed by atoms with Crippen LogP contribution in [0.1, 0.15) is 13.8 Å². The van der Waals surface area contributed by atoms with Gasteiger partial charge in [-0.25, -0.2) is 0 Å². The minimum absolute atomic E-state index is 0. The molecule has 0 amide bonds. The minimum atomic E-state index is 0. The van der Waals surface area contributed by atoms with Crippen LogP contribution in [0.5, 0.6) is 0 Å². The number of hydrogen-bond acceptors (Lipinski definition) is 0. The van der Waals surface area contributed by atoms with Crippen LogP contribution >= 0.6 is 0 Å². The van der Waals surface area contributed by atoms with Crippen molar-refractivity contribution in [2.75, 3.05) is 0 Å².